The van der Waals surface area contributed by atoms with Gasteiger partial charge in [0, 0.05) is 4.88 Å². The maximum Gasteiger partial charge on any atom is 0.262 e. The number of aromatic nitrogens is 1. The van der Waals surface area contributed by atoms with Crippen molar-refractivity contribution in [1.82, 2.24) is 9.88 Å². The molecule has 2 aromatic rings. The van der Waals surface area contributed by atoms with Gasteiger partial charge in [0.25, 0.3) is 11.8 Å². The van der Waals surface area contributed by atoms with E-state index in [1.165, 1.54) is 16.2 Å². The first-order valence-corrected chi connectivity index (χ1v) is 10.5. The van der Waals surface area contributed by atoms with Gasteiger partial charge in [-0.25, -0.2) is 4.98 Å². The molecule has 28 heavy (non-hydrogen) atoms. The summed E-state index contributed by atoms with van der Waals surface area (Å²) in [5.74, 6) is -1.02. The predicted molar refractivity (Wildman–Crippen MR) is 108 cm³/mol. The van der Waals surface area contributed by atoms with Gasteiger partial charge in [0.2, 0.25) is 5.91 Å². The molecule has 0 saturated heterocycles. The molecule has 2 aliphatic rings. The summed E-state index contributed by atoms with van der Waals surface area (Å²) in [6, 6.07) is 5.87. The van der Waals surface area contributed by atoms with Crippen molar-refractivity contribution >= 4 is 34.2 Å². The lowest BCUT2D eigenvalue weighted by molar-refractivity contribution is -0.120. The molecule has 0 fully saturated rings. The van der Waals surface area contributed by atoms with Crippen LogP contribution < -0.4 is 5.32 Å². The zero-order valence-electron chi connectivity index (χ0n) is 16.0. The van der Waals surface area contributed by atoms with E-state index in [0.717, 1.165) is 36.3 Å². The number of anilines is 1. The van der Waals surface area contributed by atoms with Crippen LogP contribution in [0, 0.1) is 5.92 Å². The molecule has 7 heteroatoms. The molecule has 0 bridgehead atoms. The number of carbonyl (C=O) groups excluding carboxylic acids is 3. The van der Waals surface area contributed by atoms with E-state index in [9.17, 15) is 14.4 Å². The lowest BCUT2D eigenvalue weighted by Gasteiger charge is -2.26. The summed E-state index contributed by atoms with van der Waals surface area (Å²) in [5.41, 5.74) is 1.78. The van der Waals surface area contributed by atoms with E-state index in [2.05, 4.69) is 10.3 Å². The second-order valence-electron chi connectivity index (χ2n) is 7.76. The van der Waals surface area contributed by atoms with Crippen molar-refractivity contribution in [3.8, 4) is 0 Å². The molecule has 4 rings (SSSR count). The summed E-state index contributed by atoms with van der Waals surface area (Å²) < 4.78 is 0. The predicted octanol–water partition coefficient (Wildman–Crippen LogP) is 3.67. The molecule has 1 aromatic carbocycles. The van der Waals surface area contributed by atoms with E-state index in [1.807, 2.05) is 13.8 Å². The zero-order valence-corrected chi connectivity index (χ0v) is 16.8. The summed E-state index contributed by atoms with van der Waals surface area (Å²) in [6.07, 6.45) is 4.61. The van der Waals surface area contributed by atoms with Crippen LogP contribution in [0.3, 0.4) is 0 Å². The molecular formula is C21H23N3O3S. The fraction of sp³-hybridized carbons (Fsp3) is 0.429. The van der Waals surface area contributed by atoms with E-state index in [1.54, 1.807) is 24.3 Å². The Bertz CT molecular complexity index is 892. The fourth-order valence-electron chi connectivity index (χ4n) is 3.86. The van der Waals surface area contributed by atoms with Gasteiger partial charge >= 0.3 is 0 Å². The van der Waals surface area contributed by atoms with Gasteiger partial charge in [-0.15, -0.1) is 11.3 Å². The highest BCUT2D eigenvalue weighted by atomic mass is 32.1. The first kappa shape index (κ1) is 18.8. The first-order valence-electron chi connectivity index (χ1n) is 9.72. The van der Waals surface area contributed by atoms with E-state index < -0.39 is 17.9 Å². The van der Waals surface area contributed by atoms with Crippen molar-refractivity contribution in [3.63, 3.8) is 0 Å². The summed E-state index contributed by atoms with van der Waals surface area (Å²) in [6.45, 7) is 3.95. The Morgan fingerprint density at radius 1 is 1.14 bits per heavy atom. The Morgan fingerprint density at radius 3 is 2.39 bits per heavy atom. The van der Waals surface area contributed by atoms with Crippen LogP contribution in [0.4, 0.5) is 5.13 Å². The number of rotatable bonds is 5. The number of benzene rings is 1. The highest BCUT2D eigenvalue weighted by Crippen LogP contribution is 2.31. The molecule has 1 N–H and O–H groups in total. The molecule has 0 unspecified atom stereocenters. The minimum atomic E-state index is -0.853. The smallest absolute Gasteiger partial charge is 0.262 e. The average molecular weight is 398 g/mol. The van der Waals surface area contributed by atoms with Gasteiger partial charge in [0.15, 0.2) is 5.13 Å². The summed E-state index contributed by atoms with van der Waals surface area (Å²) in [5, 5.41) is 3.43. The molecular weight excluding hydrogens is 374 g/mol. The van der Waals surface area contributed by atoms with Gasteiger partial charge in [0.1, 0.15) is 6.04 Å². The maximum absolute atomic E-state index is 13.1. The SMILES string of the molecule is CC(C)C[C@@H](C(=O)Nc1nc2c(s1)CCCC2)N1C(=O)c2ccccc2C1=O. The lowest BCUT2D eigenvalue weighted by Crippen LogP contribution is -2.47. The minimum Gasteiger partial charge on any atom is -0.300 e. The van der Waals surface area contributed by atoms with Gasteiger partial charge in [-0.05, 0) is 50.2 Å². The third kappa shape index (κ3) is 3.35. The number of nitrogens with zero attached hydrogens (tertiary/aromatic N) is 2. The van der Waals surface area contributed by atoms with E-state index in [4.69, 9.17) is 0 Å². The van der Waals surface area contributed by atoms with Crippen LogP contribution in [0.2, 0.25) is 0 Å². The van der Waals surface area contributed by atoms with Crippen LogP contribution in [0.5, 0.6) is 0 Å². The summed E-state index contributed by atoms with van der Waals surface area (Å²) >= 11 is 1.50. The molecule has 0 radical (unpaired) electrons. The third-order valence-corrected chi connectivity index (χ3v) is 6.28. The second kappa shape index (κ2) is 7.47. The van der Waals surface area contributed by atoms with Crippen molar-refractivity contribution in [2.24, 2.45) is 5.92 Å². The third-order valence-electron chi connectivity index (χ3n) is 5.21. The zero-order chi connectivity index (χ0) is 19.8. The van der Waals surface area contributed by atoms with Crippen LogP contribution in [0.25, 0.3) is 0 Å². The van der Waals surface area contributed by atoms with E-state index in [-0.39, 0.29) is 11.8 Å². The number of nitrogens with one attached hydrogen (secondary N) is 1. The number of fused-ring (bicyclic) bond motifs is 2. The van der Waals surface area contributed by atoms with E-state index in [0.29, 0.717) is 22.7 Å². The van der Waals surface area contributed by atoms with Gasteiger partial charge in [-0.1, -0.05) is 26.0 Å². The maximum atomic E-state index is 13.1. The Hall–Kier alpha value is -2.54. The highest BCUT2D eigenvalue weighted by molar-refractivity contribution is 7.15. The monoisotopic (exact) mass is 397 g/mol. The molecule has 1 aromatic heterocycles. The van der Waals surface area contributed by atoms with Crippen LogP contribution in [0.15, 0.2) is 24.3 Å². The Labute approximate surface area is 168 Å². The van der Waals surface area contributed by atoms with Crippen molar-refractivity contribution in [2.75, 3.05) is 5.32 Å². The molecule has 1 aliphatic carbocycles. The molecule has 2 heterocycles. The number of thiazole rings is 1. The van der Waals surface area contributed by atoms with Crippen LogP contribution in [0.1, 0.15) is 64.4 Å². The van der Waals surface area contributed by atoms with Crippen molar-refractivity contribution < 1.29 is 14.4 Å². The van der Waals surface area contributed by atoms with Gasteiger partial charge in [-0.3, -0.25) is 19.3 Å². The summed E-state index contributed by atoms with van der Waals surface area (Å²) in [7, 11) is 0. The largest absolute Gasteiger partial charge is 0.300 e. The van der Waals surface area contributed by atoms with Crippen LogP contribution in [-0.4, -0.2) is 33.6 Å². The van der Waals surface area contributed by atoms with Crippen LogP contribution >= 0.6 is 11.3 Å². The molecule has 3 amide bonds. The second-order valence-corrected chi connectivity index (χ2v) is 8.84. The molecule has 0 spiro atoms. The fourth-order valence-corrected chi connectivity index (χ4v) is 4.91. The molecule has 1 atom stereocenters. The minimum absolute atomic E-state index is 0.143. The standard InChI is InChI=1S/C21H23N3O3S/c1-12(2)11-16(24-19(26)13-7-3-4-8-14(13)20(24)27)18(25)23-21-22-15-9-5-6-10-17(15)28-21/h3-4,7-8,12,16H,5-6,9-11H2,1-2H3,(H,22,23,25)/t16-/m0/s1. The number of hydrogen-bond donors (Lipinski definition) is 1. The van der Waals surface area contributed by atoms with Gasteiger partial charge < -0.3 is 5.32 Å². The first-order chi connectivity index (χ1) is 13.5. The average Bonchev–Trinajstić information content (AvgIpc) is 3.19. The van der Waals surface area contributed by atoms with Crippen molar-refractivity contribution in [1.29, 1.82) is 0 Å². The van der Waals surface area contributed by atoms with Gasteiger partial charge in [0.05, 0.1) is 16.8 Å². The van der Waals surface area contributed by atoms with Gasteiger partial charge in [-0.2, -0.15) is 0 Å². The molecule has 0 saturated carbocycles. The Balaban J connectivity index is 1.60. The van der Waals surface area contributed by atoms with Crippen LogP contribution in [-0.2, 0) is 17.6 Å². The Morgan fingerprint density at radius 2 is 1.79 bits per heavy atom. The number of imide groups is 1. The normalized spacial score (nSPS) is 16.9. The highest BCUT2D eigenvalue weighted by Gasteiger charge is 2.43. The Kier molecular flexibility index (Phi) is 5.02. The molecule has 146 valence electrons. The van der Waals surface area contributed by atoms with Crippen molar-refractivity contribution in [2.45, 2.75) is 52.0 Å². The lowest BCUT2D eigenvalue weighted by atomic mass is 10.0. The number of carbonyl (C=O) groups is 3. The summed E-state index contributed by atoms with van der Waals surface area (Å²) in [4.78, 5) is 45.7. The quantitative estimate of drug-likeness (QED) is 0.781. The van der Waals surface area contributed by atoms with E-state index >= 15 is 0 Å². The number of hydrogen-bond acceptors (Lipinski definition) is 5. The topological polar surface area (TPSA) is 79.4 Å². The number of aryl methyl sites for hydroxylation is 2. The number of amides is 3. The molecule has 1 aliphatic heterocycles. The molecule has 6 nitrogen and oxygen atoms in total. The van der Waals surface area contributed by atoms with Crippen molar-refractivity contribution in [3.05, 3.63) is 46.0 Å².